The van der Waals surface area contributed by atoms with Crippen molar-refractivity contribution in [2.75, 3.05) is 0 Å². The summed E-state index contributed by atoms with van der Waals surface area (Å²) in [5, 5.41) is 13.8. The molecule has 0 amide bonds. The van der Waals surface area contributed by atoms with E-state index in [0.717, 1.165) is 4.70 Å². The molecule has 1 heterocycles. The molecule has 2 nitrogen and oxygen atoms in total. The molecule has 0 unspecified atom stereocenters. The number of hydrogen-bond acceptors (Lipinski definition) is 3. The second-order valence-electron chi connectivity index (χ2n) is 4.65. The van der Waals surface area contributed by atoms with E-state index >= 15 is 0 Å². The lowest BCUT2D eigenvalue weighted by molar-refractivity contribution is 0.454. The molecule has 1 N–H and O–H groups in total. The molecule has 20 heavy (non-hydrogen) atoms. The summed E-state index contributed by atoms with van der Waals surface area (Å²) in [5.74, 6) is 0.649. The Kier molecular flexibility index (Phi) is 2.65. The number of benzene rings is 3. The van der Waals surface area contributed by atoms with Crippen LogP contribution in [0.5, 0.6) is 5.75 Å². The molecule has 0 aliphatic heterocycles. The maximum atomic E-state index is 8.73. The maximum absolute atomic E-state index is 8.73. The molecular weight excluding hydrogens is 267 g/mol. The van der Waals surface area contributed by atoms with Gasteiger partial charge in [0, 0.05) is 20.2 Å². The third-order valence-corrected chi connectivity index (χ3v) is 4.73. The van der Waals surface area contributed by atoms with Gasteiger partial charge in [-0.05, 0) is 29.0 Å². The first-order valence-electron chi connectivity index (χ1n) is 6.33. The zero-order chi connectivity index (χ0) is 13.5. The van der Waals surface area contributed by atoms with E-state index < -0.39 is 0 Å². The molecule has 1 aromatic heterocycles. The van der Waals surface area contributed by atoms with E-state index in [1.807, 2.05) is 18.2 Å². The molecule has 0 atom stereocenters. The van der Waals surface area contributed by atoms with Crippen molar-refractivity contribution in [3.63, 3.8) is 0 Å². The van der Waals surface area contributed by atoms with Crippen LogP contribution in [0.2, 0.25) is 0 Å². The standard InChI is InChI=1S/C16H10BO2S/c18-17-19-11-6-8-13-14-7-5-10-3-1-2-4-12(10)16(14)20-15(13)9-11/h1-9,18H. The van der Waals surface area contributed by atoms with Gasteiger partial charge in [-0.25, -0.2) is 0 Å². The van der Waals surface area contributed by atoms with Gasteiger partial charge in [-0.2, -0.15) is 0 Å². The minimum atomic E-state index is 0.649. The largest absolute Gasteiger partial charge is 0.569 e. The molecule has 4 rings (SSSR count). The first-order valence-corrected chi connectivity index (χ1v) is 7.15. The third kappa shape index (κ3) is 1.69. The van der Waals surface area contributed by atoms with Crippen LogP contribution in [-0.4, -0.2) is 12.7 Å². The highest BCUT2D eigenvalue weighted by Gasteiger charge is 2.09. The van der Waals surface area contributed by atoms with Crippen molar-refractivity contribution < 1.29 is 9.68 Å². The van der Waals surface area contributed by atoms with Gasteiger partial charge >= 0.3 is 7.69 Å². The van der Waals surface area contributed by atoms with Crippen LogP contribution >= 0.6 is 11.3 Å². The second kappa shape index (κ2) is 4.51. The van der Waals surface area contributed by atoms with Crippen molar-refractivity contribution in [2.45, 2.75) is 0 Å². The zero-order valence-corrected chi connectivity index (χ0v) is 11.4. The molecule has 95 valence electrons. The van der Waals surface area contributed by atoms with Crippen LogP contribution in [0.25, 0.3) is 30.9 Å². The molecule has 3 aromatic carbocycles. The number of thiophene rings is 1. The van der Waals surface area contributed by atoms with Crippen LogP contribution in [0.4, 0.5) is 0 Å². The third-order valence-electron chi connectivity index (χ3n) is 3.52. The van der Waals surface area contributed by atoms with Gasteiger partial charge in [0.2, 0.25) is 0 Å². The topological polar surface area (TPSA) is 29.5 Å². The van der Waals surface area contributed by atoms with Crippen molar-refractivity contribution in [3.8, 4) is 5.75 Å². The Balaban J connectivity index is 2.09. The van der Waals surface area contributed by atoms with Crippen LogP contribution in [0.3, 0.4) is 0 Å². The van der Waals surface area contributed by atoms with Gasteiger partial charge in [0.25, 0.3) is 0 Å². The lowest BCUT2D eigenvalue weighted by Gasteiger charge is -2.00. The summed E-state index contributed by atoms with van der Waals surface area (Å²) in [5.41, 5.74) is 0. The van der Waals surface area contributed by atoms with E-state index in [-0.39, 0.29) is 0 Å². The monoisotopic (exact) mass is 277 g/mol. The summed E-state index contributed by atoms with van der Waals surface area (Å²) in [6, 6.07) is 18.6. The SMILES string of the molecule is O[B]Oc1ccc2c(c1)sc1c3ccccc3ccc21. The predicted molar refractivity (Wildman–Crippen MR) is 85.4 cm³/mol. The summed E-state index contributed by atoms with van der Waals surface area (Å²) in [4.78, 5) is 0. The maximum Gasteiger partial charge on any atom is 0.569 e. The molecule has 0 saturated heterocycles. The minimum Gasteiger partial charge on any atom is -0.537 e. The van der Waals surface area contributed by atoms with E-state index in [2.05, 4.69) is 36.4 Å². The first kappa shape index (κ1) is 11.8. The normalized spacial score (nSPS) is 11.2. The van der Waals surface area contributed by atoms with Crippen molar-refractivity contribution in [1.82, 2.24) is 0 Å². The molecule has 4 aromatic rings. The molecule has 0 aliphatic rings. The van der Waals surface area contributed by atoms with E-state index in [1.165, 1.54) is 26.2 Å². The van der Waals surface area contributed by atoms with Gasteiger partial charge in [-0.1, -0.05) is 36.4 Å². The van der Waals surface area contributed by atoms with Crippen LogP contribution in [0.1, 0.15) is 0 Å². The van der Waals surface area contributed by atoms with Crippen molar-refractivity contribution in [1.29, 1.82) is 0 Å². The van der Waals surface area contributed by atoms with E-state index in [0.29, 0.717) is 13.4 Å². The van der Waals surface area contributed by atoms with Gasteiger partial charge in [-0.3, -0.25) is 0 Å². The molecular formula is C16H10BO2S. The average Bonchev–Trinajstić information content (AvgIpc) is 2.86. The number of hydrogen-bond donors (Lipinski definition) is 1. The lowest BCUT2D eigenvalue weighted by Crippen LogP contribution is -1.98. The fourth-order valence-corrected chi connectivity index (χ4v) is 3.89. The molecule has 0 saturated carbocycles. The van der Waals surface area contributed by atoms with Crippen LogP contribution in [0, 0.1) is 0 Å². The van der Waals surface area contributed by atoms with E-state index in [9.17, 15) is 0 Å². The Bertz CT molecular complexity index is 930. The van der Waals surface area contributed by atoms with Gasteiger partial charge in [0.05, 0.1) is 0 Å². The van der Waals surface area contributed by atoms with Crippen LogP contribution in [-0.2, 0) is 0 Å². The highest BCUT2D eigenvalue weighted by atomic mass is 32.1. The summed E-state index contributed by atoms with van der Waals surface area (Å²) < 4.78 is 7.49. The Hall–Kier alpha value is -2.04. The minimum absolute atomic E-state index is 0.649. The Labute approximate surface area is 120 Å². The second-order valence-corrected chi connectivity index (χ2v) is 5.70. The van der Waals surface area contributed by atoms with Gasteiger partial charge in [0.1, 0.15) is 5.75 Å². The highest BCUT2D eigenvalue weighted by molar-refractivity contribution is 7.26. The fourth-order valence-electron chi connectivity index (χ4n) is 2.62. The number of rotatable bonds is 2. The van der Waals surface area contributed by atoms with E-state index in [1.54, 1.807) is 11.3 Å². The van der Waals surface area contributed by atoms with Crippen LogP contribution in [0.15, 0.2) is 54.6 Å². The predicted octanol–water partition coefficient (Wildman–Crippen LogP) is 4.11. The lowest BCUT2D eigenvalue weighted by atomic mass is 10.1. The summed E-state index contributed by atoms with van der Waals surface area (Å²) in [7, 11) is 0.712. The molecule has 0 bridgehead atoms. The summed E-state index contributed by atoms with van der Waals surface area (Å²) in [6.07, 6.45) is 0. The number of fused-ring (bicyclic) bond motifs is 5. The smallest absolute Gasteiger partial charge is 0.537 e. The Morgan fingerprint density at radius 3 is 2.65 bits per heavy atom. The quantitative estimate of drug-likeness (QED) is 0.559. The molecule has 0 aliphatic carbocycles. The molecule has 0 fully saturated rings. The van der Waals surface area contributed by atoms with Crippen molar-refractivity contribution in [2.24, 2.45) is 0 Å². The Morgan fingerprint density at radius 1 is 0.900 bits per heavy atom. The van der Waals surface area contributed by atoms with E-state index in [4.69, 9.17) is 9.68 Å². The Morgan fingerprint density at radius 2 is 1.75 bits per heavy atom. The zero-order valence-electron chi connectivity index (χ0n) is 10.5. The average molecular weight is 277 g/mol. The van der Waals surface area contributed by atoms with Crippen molar-refractivity contribution >= 4 is 50.0 Å². The summed E-state index contributed by atoms with van der Waals surface area (Å²) >= 11 is 1.76. The van der Waals surface area contributed by atoms with Crippen LogP contribution < -0.4 is 4.65 Å². The van der Waals surface area contributed by atoms with Gasteiger partial charge in [0.15, 0.2) is 0 Å². The molecule has 0 spiro atoms. The van der Waals surface area contributed by atoms with Gasteiger partial charge in [-0.15, -0.1) is 11.3 Å². The first-order chi connectivity index (χ1) is 9.86. The van der Waals surface area contributed by atoms with Crippen molar-refractivity contribution in [3.05, 3.63) is 54.6 Å². The molecule has 1 radical (unpaired) electrons. The summed E-state index contributed by atoms with van der Waals surface area (Å²) in [6.45, 7) is 0. The highest BCUT2D eigenvalue weighted by Crippen LogP contribution is 2.39. The van der Waals surface area contributed by atoms with Gasteiger partial charge < -0.3 is 9.68 Å². The molecule has 4 heteroatoms. The fraction of sp³-hybridized carbons (Fsp3) is 0.